The lowest BCUT2D eigenvalue weighted by Crippen LogP contribution is -2.30. The van der Waals surface area contributed by atoms with Crippen molar-refractivity contribution in [2.24, 2.45) is 0 Å². The molecular formula is C14H9F2N3O4S. The Hall–Kier alpha value is -3.06. The number of amides is 1. The SMILES string of the molecule is CS(=O)(=O)NC(=O)c1cc(F)c(Oc2ncccc2C#N)cc1F. The Morgan fingerprint density at radius 2 is 2.04 bits per heavy atom. The van der Waals surface area contributed by atoms with Crippen LogP contribution in [0.25, 0.3) is 0 Å². The number of sulfonamides is 1. The van der Waals surface area contributed by atoms with Crippen molar-refractivity contribution in [3.05, 3.63) is 53.2 Å². The first kappa shape index (κ1) is 17.3. The van der Waals surface area contributed by atoms with Crippen LogP contribution in [0.2, 0.25) is 0 Å². The van der Waals surface area contributed by atoms with E-state index in [0.717, 1.165) is 0 Å². The number of carbonyl (C=O) groups is 1. The summed E-state index contributed by atoms with van der Waals surface area (Å²) in [4.78, 5) is 15.3. The van der Waals surface area contributed by atoms with Gasteiger partial charge in [-0.15, -0.1) is 0 Å². The van der Waals surface area contributed by atoms with Crippen molar-refractivity contribution in [1.29, 1.82) is 5.26 Å². The van der Waals surface area contributed by atoms with E-state index in [2.05, 4.69) is 4.98 Å². The van der Waals surface area contributed by atoms with Gasteiger partial charge in [0.1, 0.15) is 17.4 Å². The summed E-state index contributed by atoms with van der Waals surface area (Å²) >= 11 is 0. The standard InChI is InChI=1S/C14H9F2N3O4S/c1-24(21,22)19-13(20)9-5-11(16)12(6-10(9)15)23-14-8(7-17)3-2-4-18-14/h2-6H,1H3,(H,19,20). The summed E-state index contributed by atoms with van der Waals surface area (Å²) in [6.45, 7) is 0. The topological polar surface area (TPSA) is 109 Å². The normalized spacial score (nSPS) is 10.8. The number of nitrogens with one attached hydrogen (secondary N) is 1. The van der Waals surface area contributed by atoms with Gasteiger partial charge in [0, 0.05) is 12.3 Å². The summed E-state index contributed by atoms with van der Waals surface area (Å²) < 4.78 is 56.5. The fraction of sp³-hybridized carbons (Fsp3) is 0.0714. The number of hydrogen-bond acceptors (Lipinski definition) is 6. The molecule has 0 radical (unpaired) electrons. The molecule has 1 aromatic carbocycles. The minimum Gasteiger partial charge on any atom is -0.434 e. The maximum Gasteiger partial charge on any atom is 0.267 e. The maximum absolute atomic E-state index is 14.0. The van der Waals surface area contributed by atoms with Crippen LogP contribution < -0.4 is 9.46 Å². The second-order valence-corrected chi connectivity index (χ2v) is 6.28. The molecule has 0 bridgehead atoms. The molecule has 2 aromatic rings. The molecule has 0 aliphatic rings. The van der Waals surface area contributed by atoms with Crippen LogP contribution in [0, 0.1) is 23.0 Å². The molecule has 124 valence electrons. The van der Waals surface area contributed by atoms with Crippen LogP contribution in [-0.4, -0.2) is 25.6 Å². The maximum atomic E-state index is 14.0. The molecule has 1 amide bonds. The Morgan fingerprint density at radius 3 is 2.67 bits per heavy atom. The van der Waals surface area contributed by atoms with Gasteiger partial charge in [-0.25, -0.2) is 26.9 Å². The molecular weight excluding hydrogens is 344 g/mol. The Bertz CT molecular complexity index is 955. The van der Waals surface area contributed by atoms with Crippen LogP contribution in [-0.2, 0) is 10.0 Å². The van der Waals surface area contributed by atoms with E-state index in [-0.39, 0.29) is 11.4 Å². The van der Waals surface area contributed by atoms with Crippen molar-refractivity contribution in [3.8, 4) is 17.7 Å². The van der Waals surface area contributed by atoms with Gasteiger partial charge in [-0.3, -0.25) is 4.79 Å². The Kier molecular flexibility index (Phi) is 4.75. The molecule has 2 rings (SSSR count). The zero-order chi connectivity index (χ0) is 17.9. The van der Waals surface area contributed by atoms with E-state index in [0.29, 0.717) is 18.4 Å². The van der Waals surface area contributed by atoms with Crippen LogP contribution in [0.15, 0.2) is 30.5 Å². The predicted molar refractivity (Wildman–Crippen MR) is 77.7 cm³/mol. The number of benzene rings is 1. The molecule has 1 aromatic heterocycles. The van der Waals surface area contributed by atoms with Crippen molar-refractivity contribution < 1.29 is 26.7 Å². The molecule has 0 aliphatic carbocycles. The summed E-state index contributed by atoms with van der Waals surface area (Å²) in [5.41, 5.74) is -0.817. The number of halogens is 2. The number of nitrogens with zero attached hydrogens (tertiary/aromatic N) is 2. The highest BCUT2D eigenvalue weighted by molar-refractivity contribution is 7.89. The summed E-state index contributed by atoms with van der Waals surface area (Å²) in [5, 5.41) is 8.90. The first-order valence-corrected chi connectivity index (χ1v) is 8.14. The van der Waals surface area contributed by atoms with Crippen LogP contribution in [0.3, 0.4) is 0 Å². The Labute approximate surface area is 135 Å². The van der Waals surface area contributed by atoms with E-state index in [1.807, 2.05) is 0 Å². The smallest absolute Gasteiger partial charge is 0.267 e. The van der Waals surface area contributed by atoms with Crippen LogP contribution in [0.1, 0.15) is 15.9 Å². The third-order valence-corrected chi connectivity index (χ3v) is 3.20. The highest BCUT2D eigenvalue weighted by Crippen LogP contribution is 2.27. The van der Waals surface area contributed by atoms with Crippen LogP contribution in [0.5, 0.6) is 11.6 Å². The molecule has 0 fully saturated rings. The number of ether oxygens (including phenoxy) is 1. The van der Waals surface area contributed by atoms with Gasteiger partial charge < -0.3 is 4.74 Å². The number of nitriles is 1. The Morgan fingerprint density at radius 1 is 1.33 bits per heavy atom. The highest BCUT2D eigenvalue weighted by Gasteiger charge is 2.20. The van der Waals surface area contributed by atoms with Gasteiger partial charge in [-0.2, -0.15) is 5.26 Å². The lowest BCUT2D eigenvalue weighted by molar-refractivity contribution is 0.0977. The van der Waals surface area contributed by atoms with E-state index in [1.165, 1.54) is 23.1 Å². The van der Waals surface area contributed by atoms with E-state index >= 15 is 0 Å². The fourth-order valence-electron chi connectivity index (χ4n) is 1.67. The monoisotopic (exact) mass is 353 g/mol. The lowest BCUT2D eigenvalue weighted by atomic mass is 10.2. The summed E-state index contributed by atoms with van der Waals surface area (Å²) in [7, 11) is -3.93. The zero-order valence-corrected chi connectivity index (χ0v) is 12.9. The van der Waals surface area contributed by atoms with Gasteiger partial charge >= 0.3 is 0 Å². The number of pyridine rings is 1. The predicted octanol–water partition coefficient (Wildman–Crippen LogP) is 1.71. The Balaban J connectivity index is 2.37. The lowest BCUT2D eigenvalue weighted by Gasteiger charge is -2.09. The summed E-state index contributed by atoms with van der Waals surface area (Å²) in [6, 6.07) is 5.64. The molecule has 0 aliphatic heterocycles. The minimum atomic E-state index is -3.93. The van der Waals surface area contributed by atoms with Gasteiger partial charge in [0.15, 0.2) is 11.6 Å². The third-order valence-electron chi connectivity index (χ3n) is 2.64. The molecule has 24 heavy (non-hydrogen) atoms. The van der Waals surface area contributed by atoms with Crippen molar-refractivity contribution in [2.75, 3.05) is 6.26 Å². The molecule has 0 spiro atoms. The quantitative estimate of drug-likeness (QED) is 0.896. The average Bonchev–Trinajstić information content (AvgIpc) is 2.49. The van der Waals surface area contributed by atoms with E-state index < -0.39 is 38.9 Å². The molecule has 0 atom stereocenters. The molecule has 10 heteroatoms. The van der Waals surface area contributed by atoms with Crippen LogP contribution >= 0.6 is 0 Å². The van der Waals surface area contributed by atoms with Gasteiger partial charge in [-0.05, 0) is 18.2 Å². The molecule has 7 nitrogen and oxygen atoms in total. The first-order chi connectivity index (χ1) is 11.2. The number of aromatic nitrogens is 1. The average molecular weight is 353 g/mol. The molecule has 1 heterocycles. The summed E-state index contributed by atoms with van der Waals surface area (Å²) in [5.74, 6) is -4.52. The minimum absolute atomic E-state index is 0.00351. The van der Waals surface area contributed by atoms with Crippen molar-refractivity contribution >= 4 is 15.9 Å². The zero-order valence-electron chi connectivity index (χ0n) is 12.1. The number of carbonyl (C=O) groups excluding carboxylic acids is 1. The molecule has 0 unspecified atom stereocenters. The highest BCUT2D eigenvalue weighted by atomic mass is 32.2. The van der Waals surface area contributed by atoms with Crippen molar-refractivity contribution in [3.63, 3.8) is 0 Å². The second-order valence-electron chi connectivity index (χ2n) is 4.54. The van der Waals surface area contributed by atoms with E-state index in [9.17, 15) is 22.0 Å². The van der Waals surface area contributed by atoms with Crippen LogP contribution in [0.4, 0.5) is 8.78 Å². The third kappa shape index (κ3) is 4.02. The number of hydrogen-bond donors (Lipinski definition) is 1. The molecule has 0 saturated heterocycles. The molecule has 0 saturated carbocycles. The van der Waals surface area contributed by atoms with Crippen molar-refractivity contribution in [1.82, 2.24) is 9.71 Å². The van der Waals surface area contributed by atoms with Gasteiger partial charge in [0.25, 0.3) is 5.91 Å². The number of rotatable bonds is 4. The van der Waals surface area contributed by atoms with Gasteiger partial charge in [0.2, 0.25) is 15.9 Å². The fourth-order valence-corrected chi connectivity index (χ4v) is 2.11. The van der Waals surface area contributed by atoms with Crippen molar-refractivity contribution in [2.45, 2.75) is 0 Å². The van der Waals surface area contributed by atoms with E-state index in [4.69, 9.17) is 10.00 Å². The first-order valence-electron chi connectivity index (χ1n) is 6.25. The largest absolute Gasteiger partial charge is 0.434 e. The summed E-state index contributed by atoms with van der Waals surface area (Å²) in [6.07, 6.45) is 1.99. The van der Waals surface area contributed by atoms with Gasteiger partial charge in [-0.1, -0.05) is 0 Å². The molecule has 1 N–H and O–H groups in total. The second kappa shape index (κ2) is 6.59. The van der Waals surface area contributed by atoms with Gasteiger partial charge in [0.05, 0.1) is 11.8 Å². The van der Waals surface area contributed by atoms with E-state index in [1.54, 1.807) is 6.07 Å².